The lowest BCUT2D eigenvalue weighted by Crippen LogP contribution is -2.47. The molecule has 6 heteroatoms. The number of fused-ring (bicyclic) bond motifs is 2. The van der Waals surface area contributed by atoms with Crippen LogP contribution in [-0.2, 0) is 24.9 Å². The van der Waals surface area contributed by atoms with E-state index in [0.717, 1.165) is 22.6 Å². The maximum atomic E-state index is 12.6. The Morgan fingerprint density at radius 1 is 1.11 bits per heavy atom. The van der Waals surface area contributed by atoms with Crippen molar-refractivity contribution in [3.8, 4) is 5.75 Å². The van der Waals surface area contributed by atoms with Crippen LogP contribution in [0.5, 0.6) is 5.75 Å². The summed E-state index contributed by atoms with van der Waals surface area (Å²) in [6.07, 6.45) is 1.74. The molecule has 2 aromatic carbocycles. The van der Waals surface area contributed by atoms with Gasteiger partial charge in [0.2, 0.25) is 0 Å². The minimum Gasteiger partial charge on any atom is -0.497 e. The summed E-state index contributed by atoms with van der Waals surface area (Å²) in [5, 5.41) is 0. The molecule has 140 valence electrons. The Labute approximate surface area is 157 Å². The van der Waals surface area contributed by atoms with E-state index in [1.807, 2.05) is 53.4 Å². The van der Waals surface area contributed by atoms with Crippen LogP contribution in [0.3, 0.4) is 0 Å². The molecule has 0 aliphatic carbocycles. The zero-order valence-corrected chi connectivity index (χ0v) is 15.3. The van der Waals surface area contributed by atoms with Crippen molar-refractivity contribution in [2.45, 2.75) is 12.8 Å². The summed E-state index contributed by atoms with van der Waals surface area (Å²) in [6, 6.07) is 15.1. The van der Waals surface area contributed by atoms with Gasteiger partial charge in [0.1, 0.15) is 5.75 Å². The standard InChI is InChI=1S/C21H21NO5/c1-3-25-20(23)18-14-22(15-8-10-16(24-2)11-9-15)21(26-12-13-27-21)19-7-5-4-6-17(18)19/h4-11,14H,3,12-13H2,1-2H3. The van der Waals surface area contributed by atoms with E-state index in [2.05, 4.69) is 0 Å². The molecule has 0 amide bonds. The van der Waals surface area contributed by atoms with Gasteiger partial charge in [-0.3, -0.25) is 4.90 Å². The predicted molar refractivity (Wildman–Crippen MR) is 100 cm³/mol. The van der Waals surface area contributed by atoms with Crippen LogP contribution in [0.15, 0.2) is 54.7 Å². The molecule has 1 fully saturated rings. The third-order valence-corrected chi connectivity index (χ3v) is 4.66. The molecule has 0 aromatic heterocycles. The summed E-state index contributed by atoms with van der Waals surface area (Å²) in [7, 11) is 1.62. The number of benzene rings is 2. The Morgan fingerprint density at radius 3 is 2.48 bits per heavy atom. The molecule has 0 radical (unpaired) electrons. The van der Waals surface area contributed by atoms with E-state index in [-0.39, 0.29) is 5.97 Å². The van der Waals surface area contributed by atoms with E-state index in [0.29, 0.717) is 25.4 Å². The second-order valence-corrected chi connectivity index (χ2v) is 6.16. The van der Waals surface area contributed by atoms with E-state index in [9.17, 15) is 4.79 Å². The second kappa shape index (κ2) is 7.06. The van der Waals surface area contributed by atoms with Gasteiger partial charge >= 0.3 is 5.97 Å². The number of carbonyl (C=O) groups is 1. The van der Waals surface area contributed by atoms with Crippen LogP contribution in [0, 0.1) is 0 Å². The normalized spacial score (nSPS) is 17.4. The highest BCUT2D eigenvalue weighted by Gasteiger charge is 2.49. The Kier molecular flexibility index (Phi) is 4.59. The molecular weight excluding hydrogens is 346 g/mol. The summed E-state index contributed by atoms with van der Waals surface area (Å²) in [5.41, 5.74) is 2.81. The molecule has 0 N–H and O–H groups in total. The fraction of sp³-hybridized carbons (Fsp3) is 0.286. The van der Waals surface area contributed by atoms with Gasteiger partial charge in [-0.05, 0) is 31.2 Å². The van der Waals surface area contributed by atoms with Gasteiger partial charge < -0.3 is 18.9 Å². The topological polar surface area (TPSA) is 57.2 Å². The van der Waals surface area contributed by atoms with Crippen molar-refractivity contribution >= 4 is 17.2 Å². The van der Waals surface area contributed by atoms with Gasteiger partial charge in [0, 0.05) is 23.0 Å². The van der Waals surface area contributed by atoms with E-state index in [4.69, 9.17) is 18.9 Å². The van der Waals surface area contributed by atoms with Gasteiger partial charge in [-0.25, -0.2) is 4.79 Å². The molecular formula is C21H21NO5. The number of rotatable bonds is 4. The number of hydrogen-bond donors (Lipinski definition) is 0. The smallest absolute Gasteiger partial charge is 0.340 e. The number of anilines is 1. The molecule has 27 heavy (non-hydrogen) atoms. The highest BCUT2D eigenvalue weighted by atomic mass is 16.8. The summed E-state index contributed by atoms with van der Waals surface area (Å²) < 4.78 is 22.7. The summed E-state index contributed by atoms with van der Waals surface area (Å²) in [4.78, 5) is 14.5. The van der Waals surface area contributed by atoms with E-state index in [1.54, 1.807) is 20.2 Å². The second-order valence-electron chi connectivity index (χ2n) is 6.16. The van der Waals surface area contributed by atoms with Crippen molar-refractivity contribution in [1.82, 2.24) is 0 Å². The first-order chi connectivity index (χ1) is 13.2. The van der Waals surface area contributed by atoms with E-state index >= 15 is 0 Å². The first-order valence-electron chi connectivity index (χ1n) is 8.89. The number of methoxy groups -OCH3 is 1. The van der Waals surface area contributed by atoms with E-state index in [1.165, 1.54) is 0 Å². The number of nitrogens with zero attached hydrogens (tertiary/aromatic N) is 1. The minimum absolute atomic E-state index is 0.305. The lowest BCUT2D eigenvalue weighted by molar-refractivity contribution is -0.161. The number of hydrogen-bond acceptors (Lipinski definition) is 6. The quantitative estimate of drug-likeness (QED) is 0.773. The van der Waals surface area contributed by atoms with Gasteiger partial charge in [-0.1, -0.05) is 24.3 Å². The van der Waals surface area contributed by atoms with Gasteiger partial charge in [-0.15, -0.1) is 0 Å². The SMILES string of the molecule is CCOC(=O)C1=CN(c2ccc(OC)cc2)C2(OCCO2)c2ccccc21. The molecule has 1 spiro atoms. The van der Waals surface area contributed by atoms with Crippen LogP contribution in [0.25, 0.3) is 5.57 Å². The van der Waals surface area contributed by atoms with E-state index < -0.39 is 5.91 Å². The van der Waals surface area contributed by atoms with Gasteiger partial charge in [0.15, 0.2) is 0 Å². The Morgan fingerprint density at radius 2 is 1.81 bits per heavy atom. The van der Waals surface area contributed by atoms with Gasteiger partial charge in [0.25, 0.3) is 5.91 Å². The molecule has 2 aromatic rings. The van der Waals surface area contributed by atoms with Crippen LogP contribution in [-0.4, -0.2) is 32.9 Å². The molecule has 1 saturated heterocycles. The van der Waals surface area contributed by atoms with Crippen molar-refractivity contribution in [1.29, 1.82) is 0 Å². The third-order valence-electron chi connectivity index (χ3n) is 4.66. The summed E-state index contributed by atoms with van der Waals surface area (Å²) in [5.74, 6) is -0.745. The molecule has 2 heterocycles. The van der Waals surface area contributed by atoms with Crippen molar-refractivity contribution in [2.24, 2.45) is 0 Å². The molecule has 6 nitrogen and oxygen atoms in total. The Hall–Kier alpha value is -2.83. The highest BCUT2D eigenvalue weighted by molar-refractivity contribution is 6.18. The van der Waals surface area contributed by atoms with Gasteiger partial charge in [0.05, 0.1) is 32.5 Å². The fourth-order valence-electron chi connectivity index (χ4n) is 3.46. The monoisotopic (exact) mass is 367 g/mol. The average Bonchev–Trinajstić information content (AvgIpc) is 3.19. The van der Waals surface area contributed by atoms with Crippen molar-refractivity contribution in [3.05, 3.63) is 65.9 Å². The van der Waals surface area contributed by atoms with Crippen LogP contribution in [0.4, 0.5) is 5.69 Å². The first kappa shape index (κ1) is 17.6. The van der Waals surface area contributed by atoms with Crippen LogP contribution in [0.1, 0.15) is 18.1 Å². The first-order valence-corrected chi connectivity index (χ1v) is 8.89. The van der Waals surface area contributed by atoms with Crippen molar-refractivity contribution < 1.29 is 23.7 Å². The molecule has 0 atom stereocenters. The zero-order valence-electron chi connectivity index (χ0n) is 15.3. The summed E-state index contributed by atoms with van der Waals surface area (Å²) in [6.45, 7) is 3.02. The molecule has 0 bridgehead atoms. The Balaban J connectivity index is 1.88. The molecule has 2 aliphatic heterocycles. The molecule has 0 unspecified atom stereocenters. The molecule has 2 aliphatic rings. The number of esters is 1. The average molecular weight is 367 g/mol. The lowest BCUT2D eigenvalue weighted by Gasteiger charge is -2.42. The van der Waals surface area contributed by atoms with Crippen molar-refractivity contribution in [2.75, 3.05) is 31.8 Å². The van der Waals surface area contributed by atoms with Crippen LogP contribution in [0.2, 0.25) is 0 Å². The number of ether oxygens (including phenoxy) is 4. The summed E-state index contributed by atoms with van der Waals surface area (Å²) >= 11 is 0. The maximum Gasteiger partial charge on any atom is 0.340 e. The van der Waals surface area contributed by atoms with Gasteiger partial charge in [-0.2, -0.15) is 0 Å². The lowest BCUT2D eigenvalue weighted by atomic mass is 9.93. The van der Waals surface area contributed by atoms with Crippen molar-refractivity contribution in [3.63, 3.8) is 0 Å². The predicted octanol–water partition coefficient (Wildman–Crippen LogP) is 3.28. The maximum absolute atomic E-state index is 12.6. The Bertz CT molecular complexity index is 868. The zero-order chi connectivity index (χ0) is 18.9. The number of carbonyl (C=O) groups excluding carboxylic acids is 1. The fourth-order valence-corrected chi connectivity index (χ4v) is 3.46. The van der Waals surface area contributed by atoms with Crippen LogP contribution < -0.4 is 9.64 Å². The molecule has 0 saturated carbocycles. The third kappa shape index (κ3) is 2.87. The van der Waals surface area contributed by atoms with Crippen LogP contribution >= 0.6 is 0 Å². The highest BCUT2D eigenvalue weighted by Crippen LogP contribution is 2.46. The molecule has 4 rings (SSSR count). The largest absolute Gasteiger partial charge is 0.497 e. The minimum atomic E-state index is -1.11.